The second-order valence-corrected chi connectivity index (χ2v) is 4.71. The normalized spacial score (nSPS) is 20.0. The van der Waals surface area contributed by atoms with Gasteiger partial charge < -0.3 is 15.3 Å². The fourth-order valence-electron chi connectivity index (χ4n) is 2.38. The quantitative estimate of drug-likeness (QED) is 0.669. The zero-order valence-corrected chi connectivity index (χ0v) is 10.2. The van der Waals surface area contributed by atoms with E-state index in [2.05, 4.69) is 24.2 Å². The van der Waals surface area contributed by atoms with Crippen LogP contribution in [-0.2, 0) is 0 Å². The van der Waals surface area contributed by atoms with E-state index in [4.69, 9.17) is 0 Å². The van der Waals surface area contributed by atoms with Crippen molar-refractivity contribution in [2.24, 2.45) is 0 Å². The van der Waals surface area contributed by atoms with Crippen LogP contribution in [-0.4, -0.2) is 48.8 Å². The van der Waals surface area contributed by atoms with Crippen LogP contribution in [0.5, 0.6) is 0 Å². The van der Waals surface area contributed by atoms with Gasteiger partial charge in [-0.05, 0) is 32.9 Å². The van der Waals surface area contributed by atoms with E-state index in [1.165, 1.54) is 25.7 Å². The van der Waals surface area contributed by atoms with Crippen molar-refractivity contribution in [1.29, 1.82) is 0 Å². The Balaban J connectivity index is 2.23. The molecule has 1 aliphatic carbocycles. The maximum Gasteiger partial charge on any atom is 0.0597 e. The summed E-state index contributed by atoms with van der Waals surface area (Å²) in [6.45, 7) is 4.38. The highest BCUT2D eigenvalue weighted by molar-refractivity contribution is 4.78. The minimum Gasteiger partial charge on any atom is -0.395 e. The molecule has 1 unspecified atom stereocenters. The Hall–Kier alpha value is -0.120. The van der Waals surface area contributed by atoms with Gasteiger partial charge in [-0.15, -0.1) is 0 Å². The molecular formula is C12H26N2O. The summed E-state index contributed by atoms with van der Waals surface area (Å²) in [6, 6.07) is 0.998. The molecule has 0 bridgehead atoms. The van der Waals surface area contributed by atoms with E-state index in [-0.39, 0.29) is 12.6 Å². The number of hydrogen-bond acceptors (Lipinski definition) is 3. The highest BCUT2D eigenvalue weighted by atomic mass is 16.3. The molecule has 3 nitrogen and oxygen atoms in total. The summed E-state index contributed by atoms with van der Waals surface area (Å²) in [5.74, 6) is 0. The van der Waals surface area contributed by atoms with E-state index in [9.17, 15) is 5.11 Å². The molecule has 1 atom stereocenters. The largest absolute Gasteiger partial charge is 0.395 e. The Morgan fingerprint density at radius 1 is 1.40 bits per heavy atom. The minimum atomic E-state index is 0.246. The van der Waals surface area contributed by atoms with Crippen LogP contribution in [0.3, 0.4) is 0 Å². The summed E-state index contributed by atoms with van der Waals surface area (Å²) in [5.41, 5.74) is 0. The third-order valence-corrected chi connectivity index (χ3v) is 3.36. The lowest BCUT2D eigenvalue weighted by Gasteiger charge is -2.28. The van der Waals surface area contributed by atoms with Gasteiger partial charge >= 0.3 is 0 Å². The number of nitrogens with one attached hydrogen (secondary N) is 1. The van der Waals surface area contributed by atoms with Crippen molar-refractivity contribution < 1.29 is 5.11 Å². The molecule has 0 heterocycles. The third kappa shape index (κ3) is 4.49. The van der Waals surface area contributed by atoms with Crippen molar-refractivity contribution in [3.8, 4) is 0 Å². The Bertz CT molecular complexity index is 158. The van der Waals surface area contributed by atoms with Crippen molar-refractivity contribution >= 4 is 0 Å². The van der Waals surface area contributed by atoms with E-state index >= 15 is 0 Å². The molecule has 90 valence electrons. The average molecular weight is 214 g/mol. The molecule has 0 saturated heterocycles. The number of nitrogens with zero attached hydrogens (tertiary/aromatic N) is 1. The molecule has 0 aromatic heterocycles. The predicted molar refractivity (Wildman–Crippen MR) is 64.1 cm³/mol. The van der Waals surface area contributed by atoms with Gasteiger partial charge in [0.25, 0.3) is 0 Å². The number of rotatable bonds is 7. The molecule has 0 spiro atoms. The third-order valence-electron chi connectivity index (χ3n) is 3.36. The lowest BCUT2D eigenvalue weighted by atomic mass is 10.2. The molecule has 2 N–H and O–H groups in total. The predicted octanol–water partition coefficient (Wildman–Crippen LogP) is 1.22. The van der Waals surface area contributed by atoms with Crippen LogP contribution in [0, 0.1) is 0 Å². The lowest BCUT2D eigenvalue weighted by Crippen LogP contribution is -2.45. The van der Waals surface area contributed by atoms with Gasteiger partial charge in [0.05, 0.1) is 6.61 Å². The second kappa shape index (κ2) is 7.20. The van der Waals surface area contributed by atoms with Gasteiger partial charge in [0.2, 0.25) is 0 Å². The number of likely N-dealkylation sites (N-methyl/N-ethyl adjacent to an activating group) is 1. The van der Waals surface area contributed by atoms with E-state index in [0.717, 1.165) is 25.6 Å². The van der Waals surface area contributed by atoms with Crippen LogP contribution in [0.1, 0.15) is 39.0 Å². The van der Waals surface area contributed by atoms with E-state index < -0.39 is 0 Å². The van der Waals surface area contributed by atoms with Crippen molar-refractivity contribution in [2.75, 3.05) is 26.7 Å². The molecule has 0 aromatic carbocycles. The van der Waals surface area contributed by atoms with Crippen LogP contribution in [0.4, 0.5) is 0 Å². The van der Waals surface area contributed by atoms with Crippen LogP contribution in [0.2, 0.25) is 0 Å². The minimum absolute atomic E-state index is 0.246. The summed E-state index contributed by atoms with van der Waals surface area (Å²) < 4.78 is 0. The summed E-state index contributed by atoms with van der Waals surface area (Å²) in [7, 11) is 2.19. The van der Waals surface area contributed by atoms with Gasteiger partial charge in [0.1, 0.15) is 0 Å². The standard InChI is InChI=1S/C12H26N2O/c1-3-8-13-11(10-15)9-14(2)12-6-4-5-7-12/h11-13,15H,3-10H2,1-2H3. The zero-order valence-electron chi connectivity index (χ0n) is 10.2. The summed E-state index contributed by atoms with van der Waals surface area (Å²) in [4.78, 5) is 2.41. The van der Waals surface area contributed by atoms with Gasteiger partial charge in [-0.1, -0.05) is 19.8 Å². The van der Waals surface area contributed by atoms with Crippen LogP contribution in [0.15, 0.2) is 0 Å². The molecule has 0 radical (unpaired) electrons. The van der Waals surface area contributed by atoms with Gasteiger partial charge in [0.15, 0.2) is 0 Å². The van der Waals surface area contributed by atoms with Crippen molar-refractivity contribution in [3.05, 3.63) is 0 Å². The first-order chi connectivity index (χ1) is 7.27. The van der Waals surface area contributed by atoms with Gasteiger partial charge in [-0.25, -0.2) is 0 Å². The number of aliphatic hydroxyl groups is 1. The Kier molecular flexibility index (Phi) is 6.22. The fraction of sp³-hybridized carbons (Fsp3) is 1.00. The van der Waals surface area contributed by atoms with Crippen LogP contribution in [0.25, 0.3) is 0 Å². The maximum absolute atomic E-state index is 9.26. The Morgan fingerprint density at radius 3 is 2.60 bits per heavy atom. The zero-order chi connectivity index (χ0) is 11.1. The maximum atomic E-state index is 9.26. The highest BCUT2D eigenvalue weighted by Gasteiger charge is 2.21. The van der Waals surface area contributed by atoms with E-state index in [1.54, 1.807) is 0 Å². The molecule has 1 aliphatic rings. The first kappa shape index (κ1) is 12.9. The Labute approximate surface area is 93.9 Å². The van der Waals surface area contributed by atoms with Gasteiger partial charge in [-0.3, -0.25) is 0 Å². The summed E-state index contributed by atoms with van der Waals surface area (Å²) in [5, 5.41) is 12.6. The molecule has 0 amide bonds. The molecule has 0 aliphatic heterocycles. The van der Waals surface area contributed by atoms with Crippen LogP contribution >= 0.6 is 0 Å². The molecular weight excluding hydrogens is 188 g/mol. The number of aliphatic hydroxyl groups excluding tert-OH is 1. The smallest absolute Gasteiger partial charge is 0.0597 e. The SMILES string of the molecule is CCCNC(CO)CN(C)C1CCCC1. The first-order valence-corrected chi connectivity index (χ1v) is 6.32. The molecule has 1 rings (SSSR count). The monoisotopic (exact) mass is 214 g/mol. The fourth-order valence-corrected chi connectivity index (χ4v) is 2.38. The average Bonchev–Trinajstić information content (AvgIpc) is 2.77. The molecule has 1 saturated carbocycles. The van der Waals surface area contributed by atoms with Crippen molar-refractivity contribution in [3.63, 3.8) is 0 Å². The van der Waals surface area contributed by atoms with Crippen molar-refractivity contribution in [2.45, 2.75) is 51.1 Å². The molecule has 1 fully saturated rings. The molecule has 0 aromatic rings. The van der Waals surface area contributed by atoms with Gasteiger partial charge in [0, 0.05) is 18.6 Å². The van der Waals surface area contributed by atoms with Crippen molar-refractivity contribution in [1.82, 2.24) is 10.2 Å². The highest BCUT2D eigenvalue weighted by Crippen LogP contribution is 2.22. The number of hydrogen-bond donors (Lipinski definition) is 2. The van der Waals surface area contributed by atoms with Crippen LogP contribution < -0.4 is 5.32 Å². The topological polar surface area (TPSA) is 35.5 Å². The Morgan fingerprint density at radius 2 is 2.07 bits per heavy atom. The second-order valence-electron chi connectivity index (χ2n) is 4.71. The molecule has 3 heteroatoms. The summed E-state index contributed by atoms with van der Waals surface area (Å²) >= 11 is 0. The first-order valence-electron chi connectivity index (χ1n) is 6.32. The van der Waals surface area contributed by atoms with E-state index in [0.29, 0.717) is 0 Å². The lowest BCUT2D eigenvalue weighted by molar-refractivity contribution is 0.170. The van der Waals surface area contributed by atoms with E-state index in [1.807, 2.05) is 0 Å². The summed E-state index contributed by atoms with van der Waals surface area (Å²) in [6.07, 6.45) is 6.55. The molecule has 15 heavy (non-hydrogen) atoms. The van der Waals surface area contributed by atoms with Gasteiger partial charge in [-0.2, -0.15) is 0 Å².